The molecule has 0 aromatic rings. The first-order valence-electron chi connectivity index (χ1n) is 5.57. The highest BCUT2D eigenvalue weighted by atomic mass is 32.2. The molecular formula is C11H17F2NOS. The number of hydrogen-bond donors (Lipinski definition) is 0. The van der Waals surface area contributed by atoms with E-state index in [1.54, 1.807) is 6.21 Å². The fourth-order valence-electron chi connectivity index (χ4n) is 2.27. The summed E-state index contributed by atoms with van der Waals surface area (Å²) in [4.78, 5) is 0. The zero-order chi connectivity index (χ0) is 12.1. The number of hydrogen-bond acceptors (Lipinski definition) is 1. The average Bonchev–Trinajstić information content (AvgIpc) is 2.57. The van der Waals surface area contributed by atoms with Gasteiger partial charge in [0.05, 0.1) is 4.75 Å². The molecular weight excluding hydrogens is 232 g/mol. The van der Waals surface area contributed by atoms with E-state index in [0.29, 0.717) is 12.8 Å². The molecule has 0 amide bonds. The lowest BCUT2D eigenvalue weighted by molar-refractivity contribution is 0.0691. The molecule has 2 nitrogen and oxygen atoms in total. The molecule has 5 heteroatoms. The Morgan fingerprint density at radius 2 is 1.81 bits per heavy atom. The third-order valence-corrected chi connectivity index (χ3v) is 4.73. The summed E-state index contributed by atoms with van der Waals surface area (Å²) in [7, 11) is -1.27. The number of rotatable bonds is 2. The lowest BCUT2D eigenvalue weighted by Crippen LogP contribution is -2.20. The molecule has 0 aromatic heterocycles. The van der Waals surface area contributed by atoms with Gasteiger partial charge >= 0.3 is 0 Å². The fourth-order valence-corrected chi connectivity index (χ4v) is 2.87. The third kappa shape index (κ3) is 2.06. The Labute approximate surface area is 97.1 Å². The summed E-state index contributed by atoms with van der Waals surface area (Å²) < 4.78 is 41.0. The molecule has 0 aromatic carbocycles. The van der Waals surface area contributed by atoms with Gasteiger partial charge < -0.3 is 0 Å². The van der Waals surface area contributed by atoms with Crippen LogP contribution >= 0.6 is 0 Å². The lowest BCUT2D eigenvalue weighted by Gasteiger charge is -2.14. The Bertz CT molecular complexity index is 334. The fraction of sp³-hybridized carbons (Fsp3) is 0.909. The zero-order valence-electron chi connectivity index (χ0n) is 9.74. The van der Waals surface area contributed by atoms with E-state index in [1.807, 2.05) is 20.8 Å². The van der Waals surface area contributed by atoms with Crippen LogP contribution in [0.15, 0.2) is 4.40 Å². The molecule has 92 valence electrons. The van der Waals surface area contributed by atoms with Crippen molar-refractivity contribution in [3.63, 3.8) is 0 Å². The largest absolute Gasteiger partial charge is 0.254 e. The third-order valence-electron chi connectivity index (χ3n) is 3.37. The van der Waals surface area contributed by atoms with Gasteiger partial charge in [-0.05, 0) is 39.5 Å². The van der Waals surface area contributed by atoms with Crippen LogP contribution in [0.2, 0.25) is 0 Å². The van der Waals surface area contributed by atoms with Gasteiger partial charge in [-0.3, -0.25) is 0 Å². The predicted octanol–water partition coefficient (Wildman–Crippen LogP) is 2.81. The standard InChI is InChI=1S/C11H17F2NOS/c1-10(2,3)16(15)14-6-7-4-8-9(5-7)11(8,12)13/h6-9H,4-5H2,1-3H3/b14-6+/t7?,8-,9+,16-/m0/s1. The van der Waals surface area contributed by atoms with Crippen molar-refractivity contribution in [3.8, 4) is 0 Å². The second-order valence-electron chi connectivity index (χ2n) is 5.74. The van der Waals surface area contributed by atoms with Crippen molar-refractivity contribution in [2.75, 3.05) is 0 Å². The Morgan fingerprint density at radius 3 is 2.25 bits per heavy atom. The van der Waals surface area contributed by atoms with E-state index in [0.717, 1.165) is 0 Å². The molecule has 0 heterocycles. The maximum absolute atomic E-state index is 12.9. The summed E-state index contributed by atoms with van der Waals surface area (Å²) in [6.07, 6.45) is 2.63. The summed E-state index contributed by atoms with van der Waals surface area (Å²) in [6.45, 7) is 5.54. The van der Waals surface area contributed by atoms with Gasteiger partial charge in [0.25, 0.3) is 5.92 Å². The van der Waals surface area contributed by atoms with Crippen molar-refractivity contribution in [2.24, 2.45) is 22.2 Å². The minimum atomic E-state index is -2.42. The van der Waals surface area contributed by atoms with Crippen LogP contribution in [0, 0.1) is 17.8 Å². The van der Waals surface area contributed by atoms with Crippen LogP contribution < -0.4 is 0 Å². The van der Waals surface area contributed by atoms with Crippen LogP contribution in [0.25, 0.3) is 0 Å². The molecule has 0 aliphatic heterocycles. The van der Waals surface area contributed by atoms with Crippen LogP contribution in [0.1, 0.15) is 33.6 Å². The first kappa shape index (κ1) is 12.1. The van der Waals surface area contributed by atoms with Crippen LogP contribution in [0.4, 0.5) is 8.78 Å². The Balaban J connectivity index is 1.86. The van der Waals surface area contributed by atoms with E-state index in [2.05, 4.69) is 4.40 Å². The predicted molar refractivity (Wildman–Crippen MR) is 61.0 cm³/mol. The number of alkyl halides is 2. The maximum atomic E-state index is 12.9. The molecule has 2 rings (SSSR count). The van der Waals surface area contributed by atoms with Gasteiger partial charge in [-0.1, -0.05) is 0 Å². The van der Waals surface area contributed by atoms with Gasteiger partial charge in [0.15, 0.2) is 0 Å². The molecule has 2 aliphatic carbocycles. The quantitative estimate of drug-likeness (QED) is 0.692. The summed E-state index contributed by atoms with van der Waals surface area (Å²) in [5.74, 6) is -3.20. The number of halogens is 2. The normalized spacial score (nSPS) is 38.7. The minimum Gasteiger partial charge on any atom is -0.234 e. The van der Waals surface area contributed by atoms with Gasteiger partial charge in [0.1, 0.15) is 11.0 Å². The molecule has 2 saturated carbocycles. The highest BCUT2D eigenvalue weighted by Gasteiger charge is 2.71. The molecule has 2 aliphatic rings. The highest BCUT2D eigenvalue weighted by Crippen LogP contribution is 2.65. The minimum absolute atomic E-state index is 0.0981. The van der Waals surface area contributed by atoms with Crippen molar-refractivity contribution in [3.05, 3.63) is 0 Å². The molecule has 0 bridgehead atoms. The van der Waals surface area contributed by atoms with E-state index in [-0.39, 0.29) is 10.7 Å². The van der Waals surface area contributed by atoms with Gasteiger partial charge in [-0.15, -0.1) is 0 Å². The van der Waals surface area contributed by atoms with Crippen molar-refractivity contribution in [2.45, 2.75) is 44.3 Å². The van der Waals surface area contributed by atoms with Gasteiger partial charge in [-0.2, -0.15) is 4.40 Å². The molecule has 4 atom stereocenters. The van der Waals surface area contributed by atoms with Crippen LogP contribution in [0.3, 0.4) is 0 Å². The lowest BCUT2D eigenvalue weighted by atomic mass is 10.0. The van der Waals surface area contributed by atoms with Crippen molar-refractivity contribution in [1.29, 1.82) is 0 Å². The second kappa shape index (κ2) is 3.59. The van der Waals surface area contributed by atoms with Crippen molar-refractivity contribution < 1.29 is 13.0 Å². The first-order chi connectivity index (χ1) is 7.23. The average molecular weight is 249 g/mol. The molecule has 0 spiro atoms. The number of nitrogens with zero attached hydrogens (tertiary/aromatic N) is 1. The molecule has 2 fully saturated rings. The Hall–Kier alpha value is -0.320. The Kier molecular flexibility index (Phi) is 2.72. The monoisotopic (exact) mass is 249 g/mol. The SMILES string of the molecule is CC(C)(C)[S@](=O)/N=C/C1C[C@@H]2[C@H](C1)C2(F)F. The smallest absolute Gasteiger partial charge is 0.234 e. The topological polar surface area (TPSA) is 29.4 Å². The summed E-state index contributed by atoms with van der Waals surface area (Å²) in [5.41, 5.74) is 0. The maximum Gasteiger partial charge on any atom is 0.254 e. The molecule has 0 radical (unpaired) electrons. The first-order valence-corrected chi connectivity index (χ1v) is 6.67. The van der Waals surface area contributed by atoms with Crippen LogP contribution in [-0.2, 0) is 11.0 Å². The van der Waals surface area contributed by atoms with Crippen molar-refractivity contribution in [1.82, 2.24) is 0 Å². The van der Waals surface area contributed by atoms with Gasteiger partial charge in [0, 0.05) is 18.1 Å². The molecule has 1 unspecified atom stereocenters. The summed E-state index contributed by atoms with van der Waals surface area (Å²) in [5, 5.41) is 0. The van der Waals surface area contributed by atoms with E-state index in [9.17, 15) is 13.0 Å². The molecule has 0 N–H and O–H groups in total. The highest BCUT2D eigenvalue weighted by molar-refractivity contribution is 7.85. The second-order valence-corrected chi connectivity index (χ2v) is 7.67. The van der Waals surface area contributed by atoms with Gasteiger partial charge in [0.2, 0.25) is 0 Å². The Morgan fingerprint density at radius 1 is 1.31 bits per heavy atom. The van der Waals surface area contributed by atoms with Gasteiger partial charge in [-0.25, -0.2) is 13.0 Å². The summed E-state index contributed by atoms with van der Waals surface area (Å²) in [6, 6.07) is 0. The molecule has 0 saturated heterocycles. The van der Waals surface area contributed by atoms with E-state index in [4.69, 9.17) is 0 Å². The van der Waals surface area contributed by atoms with E-state index < -0.39 is 28.7 Å². The van der Waals surface area contributed by atoms with E-state index >= 15 is 0 Å². The van der Waals surface area contributed by atoms with Crippen LogP contribution in [0.5, 0.6) is 0 Å². The molecule has 16 heavy (non-hydrogen) atoms. The summed E-state index contributed by atoms with van der Waals surface area (Å²) >= 11 is 0. The van der Waals surface area contributed by atoms with Crippen molar-refractivity contribution >= 4 is 17.2 Å². The number of fused-ring (bicyclic) bond motifs is 1. The van der Waals surface area contributed by atoms with Crippen LogP contribution in [-0.4, -0.2) is 21.1 Å². The van der Waals surface area contributed by atoms with E-state index in [1.165, 1.54) is 0 Å². The zero-order valence-corrected chi connectivity index (χ0v) is 10.6.